The van der Waals surface area contributed by atoms with E-state index in [0.717, 1.165) is 29.7 Å². The number of rotatable bonds is 5. The third-order valence-electron chi connectivity index (χ3n) is 6.89. The fourth-order valence-corrected chi connectivity index (χ4v) is 4.94. The summed E-state index contributed by atoms with van der Waals surface area (Å²) in [5.74, 6) is -6.42. The summed E-state index contributed by atoms with van der Waals surface area (Å²) in [5.41, 5.74) is 1.50. The van der Waals surface area contributed by atoms with Crippen LogP contribution in [-0.4, -0.2) is 44.6 Å². The van der Waals surface area contributed by atoms with Crippen LogP contribution in [0.4, 0.5) is 13.2 Å². The van der Waals surface area contributed by atoms with Crippen molar-refractivity contribution >= 4 is 27.6 Å². The van der Waals surface area contributed by atoms with Gasteiger partial charge in [0.2, 0.25) is 11.7 Å². The Morgan fingerprint density at radius 3 is 2.56 bits per heavy atom. The molecule has 2 aromatic heterocycles. The van der Waals surface area contributed by atoms with E-state index in [-0.39, 0.29) is 11.8 Å². The number of hydrogen-bond acceptors (Lipinski definition) is 6. The van der Waals surface area contributed by atoms with E-state index in [1.807, 2.05) is 6.07 Å². The number of hydrogen-bond donors (Lipinski definition) is 3. The van der Waals surface area contributed by atoms with Crippen LogP contribution in [0.15, 0.2) is 48.7 Å². The minimum absolute atomic E-state index is 0.0179. The van der Waals surface area contributed by atoms with Crippen molar-refractivity contribution in [3.05, 3.63) is 77.4 Å². The summed E-state index contributed by atoms with van der Waals surface area (Å²) in [7, 11) is 0. The molecule has 39 heavy (non-hydrogen) atoms. The number of benzene rings is 3. The Hall–Kier alpha value is -4.64. The van der Waals surface area contributed by atoms with Gasteiger partial charge in [-0.05, 0) is 60.2 Å². The van der Waals surface area contributed by atoms with Crippen LogP contribution in [0.3, 0.4) is 0 Å². The van der Waals surface area contributed by atoms with Gasteiger partial charge in [0.15, 0.2) is 23.1 Å². The summed E-state index contributed by atoms with van der Waals surface area (Å²) >= 11 is 0. The smallest absolute Gasteiger partial charge is 0.339 e. The summed E-state index contributed by atoms with van der Waals surface area (Å²) < 4.78 is 54.7. The maximum Gasteiger partial charge on any atom is 0.339 e. The molecule has 1 fully saturated rings. The van der Waals surface area contributed by atoms with Gasteiger partial charge in [0.1, 0.15) is 5.56 Å². The van der Waals surface area contributed by atoms with Crippen LogP contribution in [0.2, 0.25) is 0 Å². The topological polar surface area (TPSA) is 118 Å². The molecular formula is C28H20F3N3O5. The number of H-pyrrole nitrogens is 1. The maximum atomic E-state index is 15.0. The van der Waals surface area contributed by atoms with Crippen LogP contribution in [0.25, 0.3) is 32.8 Å². The third kappa shape index (κ3) is 4.30. The quantitative estimate of drug-likeness (QED) is 0.242. The summed E-state index contributed by atoms with van der Waals surface area (Å²) in [4.78, 5) is 16.1. The van der Waals surface area contributed by atoms with Crippen LogP contribution < -0.4 is 4.74 Å². The minimum atomic E-state index is -1.50. The van der Waals surface area contributed by atoms with E-state index < -0.39 is 40.5 Å². The van der Waals surface area contributed by atoms with E-state index >= 15 is 4.39 Å². The number of carboxylic acids is 1. The summed E-state index contributed by atoms with van der Waals surface area (Å²) in [6.45, 7) is 0.940. The number of ether oxygens (including phenoxy) is 2. The molecule has 0 bridgehead atoms. The predicted molar refractivity (Wildman–Crippen MR) is 135 cm³/mol. The number of carbonyl (C=O) groups is 1. The maximum absolute atomic E-state index is 15.0. The molecule has 8 nitrogen and oxygen atoms in total. The molecule has 0 unspecified atom stereocenters. The van der Waals surface area contributed by atoms with Crippen molar-refractivity contribution in [2.45, 2.75) is 18.8 Å². The number of nitrogens with one attached hydrogen (secondary N) is 1. The molecule has 1 saturated heterocycles. The van der Waals surface area contributed by atoms with E-state index in [1.165, 1.54) is 6.07 Å². The first-order valence-electron chi connectivity index (χ1n) is 12.1. The Labute approximate surface area is 218 Å². The van der Waals surface area contributed by atoms with Gasteiger partial charge < -0.3 is 19.7 Å². The lowest BCUT2D eigenvalue weighted by Gasteiger charge is -2.26. The van der Waals surface area contributed by atoms with Crippen molar-refractivity contribution in [3.8, 4) is 28.5 Å². The number of halogens is 3. The molecule has 198 valence electrons. The van der Waals surface area contributed by atoms with Crippen LogP contribution in [0, 0.1) is 17.5 Å². The lowest BCUT2D eigenvalue weighted by atomic mass is 9.87. The fraction of sp³-hybridized carbons (Fsp3) is 0.179. The lowest BCUT2D eigenvalue weighted by molar-refractivity contribution is 0.0692. The van der Waals surface area contributed by atoms with Gasteiger partial charge in [-0.15, -0.1) is 0 Å². The average Bonchev–Trinajstić information content (AvgIpc) is 3.39. The number of phenols is 1. The first kappa shape index (κ1) is 24.7. The van der Waals surface area contributed by atoms with Gasteiger partial charge >= 0.3 is 5.97 Å². The number of aromatic amines is 1. The van der Waals surface area contributed by atoms with Gasteiger partial charge in [0.25, 0.3) is 0 Å². The Morgan fingerprint density at radius 2 is 1.82 bits per heavy atom. The number of nitrogens with zero attached hydrogens (tertiary/aromatic N) is 2. The monoisotopic (exact) mass is 535 g/mol. The van der Waals surface area contributed by atoms with E-state index in [1.54, 1.807) is 12.3 Å². The highest BCUT2D eigenvalue weighted by Crippen LogP contribution is 2.44. The van der Waals surface area contributed by atoms with Crippen molar-refractivity contribution in [2.24, 2.45) is 0 Å². The molecular weight excluding hydrogens is 515 g/mol. The van der Waals surface area contributed by atoms with Gasteiger partial charge in [-0.3, -0.25) is 5.10 Å². The Balaban J connectivity index is 1.63. The molecule has 0 atom stereocenters. The molecule has 1 aliphatic rings. The zero-order valence-electron chi connectivity index (χ0n) is 20.2. The molecule has 0 saturated carbocycles. The van der Waals surface area contributed by atoms with Crippen LogP contribution in [-0.2, 0) is 4.74 Å². The van der Waals surface area contributed by atoms with Crippen molar-refractivity contribution in [2.75, 3.05) is 13.2 Å². The largest absolute Gasteiger partial charge is 0.504 e. The normalized spacial score (nSPS) is 14.2. The van der Waals surface area contributed by atoms with Crippen molar-refractivity contribution in [1.29, 1.82) is 0 Å². The molecule has 0 spiro atoms. The molecule has 3 heterocycles. The number of fused-ring (bicyclic) bond motifs is 2. The highest BCUT2D eigenvalue weighted by atomic mass is 19.2. The Kier molecular flexibility index (Phi) is 6.07. The van der Waals surface area contributed by atoms with Crippen molar-refractivity contribution < 1.29 is 37.7 Å². The highest BCUT2D eigenvalue weighted by Gasteiger charge is 2.27. The number of aromatic nitrogens is 3. The zero-order chi connectivity index (χ0) is 27.3. The molecule has 11 heteroatoms. The molecule has 5 aromatic rings. The molecule has 3 N–H and O–H groups in total. The molecule has 6 rings (SSSR count). The van der Waals surface area contributed by atoms with Crippen LogP contribution in [0.1, 0.15) is 34.8 Å². The van der Waals surface area contributed by atoms with Crippen molar-refractivity contribution in [3.63, 3.8) is 0 Å². The zero-order valence-corrected chi connectivity index (χ0v) is 20.2. The number of carboxylic acid groups (broad SMARTS) is 1. The van der Waals surface area contributed by atoms with E-state index in [2.05, 4.69) is 10.2 Å². The molecule has 0 amide bonds. The number of pyridine rings is 1. The molecule has 0 radical (unpaired) electrons. The first-order chi connectivity index (χ1) is 18.8. The van der Waals surface area contributed by atoms with Crippen LogP contribution in [0.5, 0.6) is 17.4 Å². The summed E-state index contributed by atoms with van der Waals surface area (Å²) in [5, 5.41) is 27.9. The molecule has 3 aromatic carbocycles. The SMILES string of the molecule is O=C(O)c1ccc(Oc2nc(C3CCOCC3)c(-c3ccc(F)c(F)c3)c3cc4cn[nH]c4cc23)c(F)c1O. The molecule has 0 aliphatic carbocycles. The van der Waals surface area contributed by atoms with Gasteiger partial charge in [-0.25, -0.2) is 18.6 Å². The minimum Gasteiger partial charge on any atom is -0.504 e. The molecule has 1 aliphatic heterocycles. The van der Waals surface area contributed by atoms with Gasteiger partial charge in [-0.1, -0.05) is 6.07 Å². The van der Waals surface area contributed by atoms with Gasteiger partial charge in [-0.2, -0.15) is 9.49 Å². The van der Waals surface area contributed by atoms with Gasteiger partial charge in [0.05, 0.1) is 17.4 Å². The number of aromatic carboxylic acids is 1. The fourth-order valence-electron chi connectivity index (χ4n) is 4.94. The van der Waals surface area contributed by atoms with E-state index in [4.69, 9.17) is 14.5 Å². The second-order valence-electron chi connectivity index (χ2n) is 9.23. The first-order valence-corrected chi connectivity index (χ1v) is 12.1. The highest BCUT2D eigenvalue weighted by molar-refractivity contribution is 6.06. The average molecular weight is 535 g/mol. The number of aromatic hydroxyl groups is 1. The second-order valence-corrected chi connectivity index (χ2v) is 9.23. The standard InChI is InChI=1S/C28H20F3N3O5/c29-19-3-1-14(10-20(19)30)23-17-9-15-12-32-34-21(15)11-18(17)27(33-25(23)13-5-7-38-8-6-13)39-22-4-2-16(28(36)37)26(35)24(22)31/h1-4,9-13,35H,5-8H2,(H,32,34)(H,36,37). The van der Waals surface area contributed by atoms with E-state index in [0.29, 0.717) is 59.2 Å². The lowest BCUT2D eigenvalue weighted by Crippen LogP contribution is -2.16. The summed E-state index contributed by atoms with van der Waals surface area (Å²) in [6, 6.07) is 9.26. The third-order valence-corrected chi connectivity index (χ3v) is 6.89. The summed E-state index contributed by atoms with van der Waals surface area (Å²) in [6.07, 6.45) is 2.82. The van der Waals surface area contributed by atoms with E-state index in [9.17, 15) is 23.8 Å². The second kappa shape index (κ2) is 9.59. The Bertz CT molecular complexity index is 1770. The van der Waals surface area contributed by atoms with Crippen molar-refractivity contribution in [1.82, 2.24) is 15.2 Å². The van der Waals surface area contributed by atoms with Gasteiger partial charge in [0, 0.05) is 35.5 Å². The Morgan fingerprint density at radius 1 is 1.03 bits per heavy atom. The predicted octanol–water partition coefficient (Wildman–Crippen LogP) is 6.29. The van der Waals surface area contributed by atoms with Crippen LogP contribution >= 0.6 is 0 Å².